The van der Waals surface area contributed by atoms with E-state index in [1.165, 1.54) is 5.56 Å². The van der Waals surface area contributed by atoms with E-state index in [9.17, 15) is 4.79 Å². The molecule has 5 rings (SSSR count). The quantitative estimate of drug-likeness (QED) is 0.349. The highest BCUT2D eigenvalue weighted by Gasteiger charge is 2.37. The fourth-order valence-electron chi connectivity index (χ4n) is 4.64. The number of rotatable bonds is 7. The highest BCUT2D eigenvalue weighted by Crippen LogP contribution is 2.44. The topological polar surface area (TPSA) is 112 Å². The Hall–Kier alpha value is -4.86. The lowest BCUT2D eigenvalue weighted by molar-refractivity contribution is -0.113. The van der Waals surface area contributed by atoms with E-state index in [0.717, 1.165) is 11.1 Å². The van der Waals surface area contributed by atoms with Gasteiger partial charge in [-0.3, -0.25) is 9.78 Å². The van der Waals surface area contributed by atoms with Crippen molar-refractivity contribution in [1.82, 2.24) is 19.7 Å². The molecule has 1 aliphatic rings. The first-order chi connectivity index (χ1) is 18.8. The van der Waals surface area contributed by atoms with Gasteiger partial charge in [0.05, 0.1) is 38.8 Å². The zero-order valence-corrected chi connectivity index (χ0v) is 22.7. The van der Waals surface area contributed by atoms with Crippen molar-refractivity contribution in [3.05, 3.63) is 82.8 Å². The predicted molar refractivity (Wildman–Crippen MR) is 148 cm³/mol. The van der Waals surface area contributed by atoms with Crippen LogP contribution >= 0.6 is 0 Å². The van der Waals surface area contributed by atoms with Gasteiger partial charge in [-0.25, -0.2) is 4.68 Å². The fourth-order valence-corrected chi connectivity index (χ4v) is 4.64. The largest absolute Gasteiger partial charge is 0.496 e. The average molecular weight is 527 g/mol. The van der Waals surface area contributed by atoms with Crippen LogP contribution in [-0.4, -0.2) is 47.0 Å². The average Bonchev–Trinajstić information content (AvgIpc) is 3.37. The van der Waals surface area contributed by atoms with Crippen molar-refractivity contribution in [2.75, 3.05) is 32.0 Å². The fraction of sp³-hybridized carbons (Fsp3) is 0.241. The number of nitrogens with one attached hydrogen (secondary N) is 2. The van der Waals surface area contributed by atoms with Crippen LogP contribution in [0.15, 0.2) is 66.1 Å². The number of aromatic nitrogens is 4. The van der Waals surface area contributed by atoms with Crippen molar-refractivity contribution in [2.45, 2.75) is 26.8 Å². The molecule has 200 valence electrons. The number of methoxy groups -OCH3 is 3. The number of allylic oxidation sites excluding steroid dienone is 1. The van der Waals surface area contributed by atoms with Gasteiger partial charge in [-0.05, 0) is 56.2 Å². The molecule has 1 unspecified atom stereocenters. The molecule has 0 radical (unpaired) electrons. The molecule has 10 nitrogen and oxygen atoms in total. The van der Waals surface area contributed by atoms with Crippen LogP contribution in [0.3, 0.4) is 0 Å². The summed E-state index contributed by atoms with van der Waals surface area (Å²) in [5.41, 5.74) is 5.49. The number of benzene rings is 2. The highest BCUT2D eigenvalue weighted by molar-refractivity contribution is 6.06. The summed E-state index contributed by atoms with van der Waals surface area (Å²) in [5, 5.41) is 11.1. The van der Waals surface area contributed by atoms with E-state index in [1.54, 1.807) is 62.7 Å². The van der Waals surface area contributed by atoms with Gasteiger partial charge in [-0.2, -0.15) is 4.98 Å². The highest BCUT2D eigenvalue weighted by atomic mass is 16.5. The minimum atomic E-state index is -0.694. The maximum absolute atomic E-state index is 13.8. The van der Waals surface area contributed by atoms with Crippen LogP contribution in [0, 0.1) is 13.8 Å². The van der Waals surface area contributed by atoms with Crippen molar-refractivity contribution < 1.29 is 19.0 Å². The smallest absolute Gasteiger partial charge is 0.255 e. The molecule has 1 atom stereocenters. The second-order valence-electron chi connectivity index (χ2n) is 9.21. The number of ether oxygens (including phenoxy) is 3. The summed E-state index contributed by atoms with van der Waals surface area (Å²) in [6, 6.07) is 12.5. The normalized spacial score (nSPS) is 14.4. The molecular weight excluding hydrogens is 496 g/mol. The zero-order chi connectivity index (χ0) is 27.7. The molecule has 2 aromatic heterocycles. The first kappa shape index (κ1) is 25.8. The molecule has 0 bridgehead atoms. The molecular formula is C29H30N6O4. The van der Waals surface area contributed by atoms with Gasteiger partial charge in [0.1, 0.15) is 11.8 Å². The van der Waals surface area contributed by atoms with Crippen LogP contribution in [0.5, 0.6) is 17.2 Å². The molecule has 4 aromatic rings. The number of hydrogen-bond donors (Lipinski definition) is 2. The van der Waals surface area contributed by atoms with Crippen LogP contribution in [0.2, 0.25) is 0 Å². The summed E-state index contributed by atoms with van der Waals surface area (Å²) in [6.45, 7) is 5.95. The summed E-state index contributed by atoms with van der Waals surface area (Å²) < 4.78 is 18.6. The number of carbonyl (C=O) groups excluding carboxylic acids is 1. The number of anilines is 2. The van der Waals surface area contributed by atoms with Gasteiger partial charge in [-0.15, -0.1) is 5.10 Å². The van der Waals surface area contributed by atoms with Crippen LogP contribution in [-0.2, 0) is 4.79 Å². The number of nitrogens with zero attached hydrogens (tertiary/aromatic N) is 4. The Morgan fingerprint density at radius 1 is 0.949 bits per heavy atom. The maximum Gasteiger partial charge on any atom is 0.255 e. The first-order valence-corrected chi connectivity index (χ1v) is 12.4. The third-order valence-electron chi connectivity index (χ3n) is 6.81. The summed E-state index contributed by atoms with van der Waals surface area (Å²) in [5.74, 6) is 2.22. The van der Waals surface area contributed by atoms with Gasteiger partial charge in [0.2, 0.25) is 5.95 Å². The molecule has 10 heteroatoms. The summed E-state index contributed by atoms with van der Waals surface area (Å²) in [7, 11) is 4.69. The van der Waals surface area contributed by atoms with Crippen LogP contribution in [0.25, 0.3) is 11.4 Å². The lowest BCUT2D eigenvalue weighted by Crippen LogP contribution is -2.31. The Labute approximate surface area is 226 Å². The first-order valence-electron chi connectivity index (χ1n) is 12.4. The number of amides is 1. The minimum absolute atomic E-state index is 0.316. The number of hydrogen-bond acceptors (Lipinski definition) is 8. The molecule has 1 aliphatic heterocycles. The van der Waals surface area contributed by atoms with Crippen molar-refractivity contribution in [1.29, 1.82) is 0 Å². The Morgan fingerprint density at radius 3 is 2.36 bits per heavy atom. The number of aryl methyl sites for hydroxylation is 2. The molecule has 0 spiro atoms. The molecule has 2 aromatic carbocycles. The van der Waals surface area contributed by atoms with Crippen molar-refractivity contribution >= 4 is 17.5 Å². The zero-order valence-electron chi connectivity index (χ0n) is 22.7. The van der Waals surface area contributed by atoms with E-state index in [0.29, 0.717) is 51.5 Å². The van der Waals surface area contributed by atoms with E-state index >= 15 is 0 Å². The van der Waals surface area contributed by atoms with Crippen molar-refractivity contribution in [3.63, 3.8) is 0 Å². The predicted octanol–water partition coefficient (Wildman–Crippen LogP) is 4.91. The molecule has 0 aliphatic carbocycles. The Balaban J connectivity index is 1.69. The van der Waals surface area contributed by atoms with Gasteiger partial charge >= 0.3 is 0 Å². The molecule has 39 heavy (non-hydrogen) atoms. The van der Waals surface area contributed by atoms with Crippen LogP contribution < -0.4 is 24.8 Å². The minimum Gasteiger partial charge on any atom is -0.496 e. The van der Waals surface area contributed by atoms with Crippen LogP contribution in [0.4, 0.5) is 11.6 Å². The molecule has 0 saturated carbocycles. The summed E-state index contributed by atoms with van der Waals surface area (Å²) in [6.07, 6.45) is 3.24. The standard InChI is InChI=1S/C29H30N6O4/c1-16-9-10-19(12-17(16)2)27-33-29-31-18(3)25(28(36)32-20-8-7-11-30-15-20)26(35(29)34-27)21-13-23(38-5)24(39-6)14-22(21)37-4/h7-15,26H,1-6H3,(H,32,36)(H,31,33,34). The summed E-state index contributed by atoms with van der Waals surface area (Å²) >= 11 is 0. The monoisotopic (exact) mass is 526 g/mol. The molecule has 3 heterocycles. The number of carbonyl (C=O) groups is 1. The van der Waals surface area contributed by atoms with Crippen LogP contribution in [0.1, 0.15) is 29.7 Å². The molecule has 0 fully saturated rings. The van der Waals surface area contributed by atoms with E-state index in [4.69, 9.17) is 24.3 Å². The van der Waals surface area contributed by atoms with E-state index < -0.39 is 6.04 Å². The number of fused-ring (bicyclic) bond motifs is 1. The van der Waals surface area contributed by atoms with Gasteiger partial charge < -0.3 is 24.8 Å². The molecule has 0 saturated heterocycles. The summed E-state index contributed by atoms with van der Waals surface area (Å²) in [4.78, 5) is 22.7. The van der Waals surface area contributed by atoms with E-state index in [2.05, 4.69) is 35.5 Å². The Morgan fingerprint density at radius 2 is 1.69 bits per heavy atom. The van der Waals surface area contributed by atoms with Gasteiger partial charge in [0.15, 0.2) is 17.3 Å². The second kappa shape index (κ2) is 10.5. The SMILES string of the molecule is COc1cc(OC)c(C2C(C(=O)Nc3cccnc3)=C(C)Nc3nc(-c4ccc(C)c(C)c4)nn32)cc1OC. The Bertz CT molecular complexity index is 1580. The lowest BCUT2D eigenvalue weighted by Gasteiger charge is -2.30. The number of pyridine rings is 1. The third-order valence-corrected chi connectivity index (χ3v) is 6.81. The van der Waals surface area contributed by atoms with Gasteiger partial charge in [0.25, 0.3) is 5.91 Å². The van der Waals surface area contributed by atoms with Gasteiger partial charge in [-0.1, -0.05) is 12.1 Å². The Kier molecular flexibility index (Phi) is 6.93. The molecule has 2 N–H and O–H groups in total. The maximum atomic E-state index is 13.8. The lowest BCUT2D eigenvalue weighted by atomic mass is 9.93. The van der Waals surface area contributed by atoms with Gasteiger partial charge in [0, 0.05) is 29.1 Å². The second-order valence-corrected chi connectivity index (χ2v) is 9.21. The van der Waals surface area contributed by atoms with E-state index in [-0.39, 0.29) is 5.91 Å². The third kappa shape index (κ3) is 4.76. The van der Waals surface area contributed by atoms with Crippen molar-refractivity contribution in [3.8, 4) is 28.6 Å². The molecule has 1 amide bonds. The van der Waals surface area contributed by atoms with Crippen molar-refractivity contribution in [2.24, 2.45) is 0 Å². The van der Waals surface area contributed by atoms with E-state index in [1.807, 2.05) is 19.1 Å².